The number of hydrogen-bond donors (Lipinski definition) is 2. The maximum absolute atomic E-state index is 13.8. The van der Waals surface area contributed by atoms with Gasteiger partial charge in [-0.25, -0.2) is 4.39 Å². The van der Waals surface area contributed by atoms with Crippen LogP contribution in [0.3, 0.4) is 0 Å². The van der Waals surface area contributed by atoms with E-state index < -0.39 is 0 Å². The van der Waals surface area contributed by atoms with Crippen molar-refractivity contribution in [2.75, 3.05) is 19.6 Å². The highest BCUT2D eigenvalue weighted by Crippen LogP contribution is 2.29. The van der Waals surface area contributed by atoms with Crippen LogP contribution in [-0.4, -0.2) is 41.6 Å². The molecule has 0 unspecified atom stereocenters. The van der Waals surface area contributed by atoms with Crippen LogP contribution in [0.5, 0.6) is 5.75 Å². The molecule has 0 radical (unpaired) electrons. The SMILES string of the molecule is Cc1ccc(F)c(N=CC(CN2CCC(c3cccc(O)c3)CC2)=NN)c1. The number of halogens is 1. The van der Waals surface area contributed by atoms with Crippen LogP contribution in [0.15, 0.2) is 52.6 Å². The minimum atomic E-state index is -0.361. The number of nitrogens with zero attached hydrogens (tertiary/aromatic N) is 3. The molecule has 0 aliphatic carbocycles. The van der Waals surface area contributed by atoms with Gasteiger partial charge in [-0.15, -0.1) is 0 Å². The number of aromatic hydroxyl groups is 1. The van der Waals surface area contributed by atoms with E-state index in [0.717, 1.165) is 31.5 Å². The quantitative estimate of drug-likeness (QED) is 0.480. The Morgan fingerprint density at radius 3 is 2.74 bits per heavy atom. The second-order valence-electron chi connectivity index (χ2n) is 6.98. The molecule has 6 heteroatoms. The predicted molar refractivity (Wildman–Crippen MR) is 107 cm³/mol. The zero-order chi connectivity index (χ0) is 19.2. The van der Waals surface area contributed by atoms with Gasteiger partial charge in [-0.3, -0.25) is 9.89 Å². The summed E-state index contributed by atoms with van der Waals surface area (Å²) in [7, 11) is 0. The lowest BCUT2D eigenvalue weighted by atomic mass is 9.89. The molecule has 1 heterocycles. The highest BCUT2D eigenvalue weighted by molar-refractivity contribution is 6.32. The van der Waals surface area contributed by atoms with Crippen molar-refractivity contribution in [1.82, 2.24) is 4.90 Å². The summed E-state index contributed by atoms with van der Waals surface area (Å²) in [6, 6.07) is 12.3. The molecule has 142 valence electrons. The molecule has 0 bridgehead atoms. The molecule has 0 saturated carbocycles. The summed E-state index contributed by atoms with van der Waals surface area (Å²) in [6.45, 7) is 4.30. The molecule has 5 nitrogen and oxygen atoms in total. The summed E-state index contributed by atoms with van der Waals surface area (Å²) in [5.74, 6) is 5.90. The fourth-order valence-electron chi connectivity index (χ4n) is 3.41. The van der Waals surface area contributed by atoms with E-state index in [1.165, 1.54) is 11.6 Å². The third kappa shape index (κ3) is 5.14. The topological polar surface area (TPSA) is 74.2 Å². The number of nitrogens with two attached hydrogens (primary N) is 1. The lowest BCUT2D eigenvalue weighted by Gasteiger charge is -2.32. The first-order valence-corrected chi connectivity index (χ1v) is 9.13. The number of hydrogen-bond acceptors (Lipinski definition) is 5. The molecule has 1 aliphatic heterocycles. The average molecular weight is 368 g/mol. The fraction of sp³-hybridized carbons (Fsp3) is 0.333. The van der Waals surface area contributed by atoms with Crippen LogP contribution in [-0.2, 0) is 0 Å². The summed E-state index contributed by atoms with van der Waals surface area (Å²) >= 11 is 0. The Bertz CT molecular complexity index is 842. The van der Waals surface area contributed by atoms with Gasteiger partial charge in [0.25, 0.3) is 0 Å². The molecule has 1 fully saturated rings. The zero-order valence-electron chi connectivity index (χ0n) is 15.5. The molecular formula is C21H25FN4O. The molecule has 1 aliphatic rings. The Kier molecular flexibility index (Phi) is 6.19. The number of hydrazone groups is 1. The van der Waals surface area contributed by atoms with Crippen molar-refractivity contribution in [1.29, 1.82) is 0 Å². The number of phenols is 1. The van der Waals surface area contributed by atoms with Gasteiger partial charge in [-0.05, 0) is 74.2 Å². The van der Waals surface area contributed by atoms with Crippen molar-refractivity contribution in [2.45, 2.75) is 25.7 Å². The average Bonchev–Trinajstić information content (AvgIpc) is 2.68. The number of aryl methyl sites for hydroxylation is 1. The molecule has 27 heavy (non-hydrogen) atoms. The molecule has 3 N–H and O–H groups in total. The fourth-order valence-corrected chi connectivity index (χ4v) is 3.41. The molecule has 0 aromatic heterocycles. The van der Waals surface area contributed by atoms with Crippen molar-refractivity contribution < 1.29 is 9.50 Å². The van der Waals surface area contributed by atoms with E-state index in [-0.39, 0.29) is 5.82 Å². The standard InChI is InChI=1S/C21H25FN4O/c1-15-5-6-20(22)21(11-15)24-13-18(25-23)14-26-9-7-16(8-10-26)17-3-2-4-19(27)12-17/h2-6,11-13,16,27H,7-10,14,23H2,1H3. The van der Waals surface area contributed by atoms with Gasteiger partial charge in [0, 0.05) is 6.54 Å². The van der Waals surface area contributed by atoms with Crippen molar-refractivity contribution in [3.63, 3.8) is 0 Å². The number of likely N-dealkylation sites (tertiary alicyclic amines) is 1. The third-order valence-electron chi connectivity index (χ3n) is 4.93. The number of rotatable bonds is 5. The summed E-state index contributed by atoms with van der Waals surface area (Å²) in [5.41, 5.74) is 3.04. The van der Waals surface area contributed by atoms with Crippen molar-refractivity contribution in [2.24, 2.45) is 15.9 Å². The van der Waals surface area contributed by atoms with Gasteiger partial charge in [0.2, 0.25) is 0 Å². The predicted octanol–water partition coefficient (Wildman–Crippen LogP) is 3.74. The lowest BCUT2D eigenvalue weighted by Crippen LogP contribution is -2.37. The van der Waals surface area contributed by atoms with Crippen LogP contribution in [0.4, 0.5) is 10.1 Å². The normalized spacial score (nSPS) is 16.9. The van der Waals surface area contributed by atoms with E-state index in [1.807, 2.05) is 19.1 Å². The molecule has 0 spiro atoms. The van der Waals surface area contributed by atoms with Crippen LogP contribution in [0.2, 0.25) is 0 Å². The van der Waals surface area contributed by atoms with E-state index in [2.05, 4.69) is 21.1 Å². The van der Waals surface area contributed by atoms with Crippen LogP contribution >= 0.6 is 0 Å². The minimum absolute atomic E-state index is 0.291. The zero-order valence-corrected chi connectivity index (χ0v) is 15.5. The van der Waals surface area contributed by atoms with Crippen LogP contribution in [0.25, 0.3) is 0 Å². The van der Waals surface area contributed by atoms with E-state index >= 15 is 0 Å². The first-order valence-electron chi connectivity index (χ1n) is 9.13. The molecule has 0 atom stereocenters. The Balaban J connectivity index is 1.57. The molecule has 3 rings (SSSR count). The maximum Gasteiger partial charge on any atom is 0.148 e. The van der Waals surface area contributed by atoms with Crippen LogP contribution in [0, 0.1) is 12.7 Å². The van der Waals surface area contributed by atoms with Gasteiger partial charge in [-0.1, -0.05) is 18.2 Å². The van der Waals surface area contributed by atoms with Gasteiger partial charge < -0.3 is 10.9 Å². The summed E-state index contributed by atoms with van der Waals surface area (Å²) in [4.78, 5) is 6.48. The molecule has 0 amide bonds. The van der Waals surface area contributed by atoms with E-state index in [9.17, 15) is 9.50 Å². The van der Waals surface area contributed by atoms with Crippen LogP contribution < -0.4 is 5.84 Å². The van der Waals surface area contributed by atoms with Gasteiger partial charge in [-0.2, -0.15) is 5.10 Å². The highest BCUT2D eigenvalue weighted by atomic mass is 19.1. The van der Waals surface area contributed by atoms with Gasteiger partial charge >= 0.3 is 0 Å². The second-order valence-corrected chi connectivity index (χ2v) is 6.98. The van der Waals surface area contributed by atoms with E-state index in [0.29, 0.717) is 29.6 Å². The highest BCUT2D eigenvalue weighted by Gasteiger charge is 2.21. The maximum atomic E-state index is 13.8. The van der Waals surface area contributed by atoms with Crippen molar-refractivity contribution in [3.8, 4) is 5.75 Å². The third-order valence-corrected chi connectivity index (χ3v) is 4.93. The van der Waals surface area contributed by atoms with Gasteiger partial charge in [0.05, 0.1) is 17.6 Å². The molecular weight excluding hydrogens is 343 g/mol. The van der Waals surface area contributed by atoms with Crippen molar-refractivity contribution >= 4 is 17.6 Å². The molecule has 1 saturated heterocycles. The first kappa shape index (κ1) is 19.0. The Morgan fingerprint density at radius 1 is 1.26 bits per heavy atom. The van der Waals surface area contributed by atoms with Gasteiger partial charge in [0.15, 0.2) is 0 Å². The number of phenolic OH excluding ortho intramolecular Hbond substituents is 1. The number of benzene rings is 2. The molecule has 2 aromatic carbocycles. The monoisotopic (exact) mass is 368 g/mol. The second kappa shape index (κ2) is 8.77. The summed E-state index contributed by atoms with van der Waals surface area (Å²) < 4.78 is 13.8. The Hall–Kier alpha value is -2.73. The minimum Gasteiger partial charge on any atom is -0.508 e. The van der Waals surface area contributed by atoms with Gasteiger partial charge in [0.1, 0.15) is 11.6 Å². The van der Waals surface area contributed by atoms with Crippen molar-refractivity contribution in [3.05, 3.63) is 59.4 Å². The number of piperidine rings is 1. The largest absolute Gasteiger partial charge is 0.508 e. The van der Waals surface area contributed by atoms with E-state index in [1.54, 1.807) is 24.4 Å². The number of aliphatic imine (C=N–C) groups is 1. The summed E-state index contributed by atoms with van der Waals surface area (Å²) in [5, 5.41) is 13.5. The Labute approximate surface area is 159 Å². The van der Waals surface area contributed by atoms with Crippen LogP contribution in [0.1, 0.15) is 29.9 Å². The Morgan fingerprint density at radius 2 is 2.04 bits per heavy atom. The van der Waals surface area contributed by atoms with E-state index in [4.69, 9.17) is 5.84 Å². The summed E-state index contributed by atoms with van der Waals surface area (Å²) in [6.07, 6.45) is 3.55. The lowest BCUT2D eigenvalue weighted by molar-refractivity contribution is 0.239. The molecule has 2 aromatic rings. The smallest absolute Gasteiger partial charge is 0.148 e. The first-order chi connectivity index (χ1) is 13.0.